The highest BCUT2D eigenvalue weighted by Gasteiger charge is 2.31. The summed E-state index contributed by atoms with van der Waals surface area (Å²) in [5, 5.41) is 27.0. The van der Waals surface area contributed by atoms with Crippen LogP contribution >= 0.6 is 15.9 Å². The number of anilines is 3. The minimum absolute atomic E-state index is 0.0476. The van der Waals surface area contributed by atoms with Crippen LogP contribution in [0.15, 0.2) is 56.7 Å². The lowest BCUT2D eigenvalue weighted by Crippen LogP contribution is -2.37. The summed E-state index contributed by atoms with van der Waals surface area (Å²) in [4.78, 5) is 0. The van der Waals surface area contributed by atoms with Crippen molar-refractivity contribution < 1.29 is 18.3 Å². The molecule has 0 aliphatic carbocycles. The van der Waals surface area contributed by atoms with Crippen LogP contribution in [0.1, 0.15) is 29.3 Å². The van der Waals surface area contributed by atoms with Crippen LogP contribution in [-0.2, 0) is 10.0 Å². The van der Waals surface area contributed by atoms with E-state index >= 15 is 0 Å². The summed E-state index contributed by atoms with van der Waals surface area (Å²) in [5.41, 5.74) is 3.33. The van der Waals surface area contributed by atoms with Gasteiger partial charge in [0.25, 0.3) is 0 Å². The second-order valence-electron chi connectivity index (χ2n) is 7.38. The van der Waals surface area contributed by atoms with Crippen molar-refractivity contribution in [3.8, 4) is 0 Å². The Bertz CT molecular complexity index is 1280. The van der Waals surface area contributed by atoms with Crippen molar-refractivity contribution in [1.82, 2.24) is 10.3 Å². The van der Waals surface area contributed by atoms with Crippen LogP contribution in [0.5, 0.6) is 0 Å². The Morgan fingerprint density at radius 1 is 1.28 bits per heavy atom. The second kappa shape index (κ2) is 8.79. The molecule has 2 aromatic carbocycles. The van der Waals surface area contributed by atoms with Gasteiger partial charge in [0.2, 0.25) is 21.7 Å². The Labute approximate surface area is 193 Å². The molecule has 0 radical (unpaired) electrons. The van der Waals surface area contributed by atoms with E-state index in [1.807, 2.05) is 37.3 Å². The molecule has 3 aromatic rings. The van der Waals surface area contributed by atoms with Crippen LogP contribution in [-0.4, -0.2) is 42.6 Å². The number of aromatic nitrogens is 2. The van der Waals surface area contributed by atoms with Crippen molar-refractivity contribution >= 4 is 49.0 Å². The standard InChI is InChI=1S/C20H21BrN6O4S/c1-12-7-8-13(11-15(12)21)22-19(24-28)18-20(26-31-25-18)23-16-9-10-27(32(2,29)30)17-6-4-3-5-14(16)17/h3-8,11,16,28H,9-10H2,1-2H3,(H,22,24)(H,23,26). The molecule has 32 heavy (non-hydrogen) atoms. The molecular weight excluding hydrogens is 500 g/mol. The van der Waals surface area contributed by atoms with Gasteiger partial charge in [-0.2, -0.15) is 0 Å². The Kier molecular flexibility index (Phi) is 6.07. The first-order valence-corrected chi connectivity index (χ1v) is 12.3. The second-order valence-corrected chi connectivity index (χ2v) is 10.1. The molecule has 168 valence electrons. The molecule has 0 amide bonds. The molecule has 0 saturated carbocycles. The topological polar surface area (TPSA) is 133 Å². The lowest BCUT2D eigenvalue weighted by molar-refractivity contribution is 0.304. The third-order valence-electron chi connectivity index (χ3n) is 5.16. The number of rotatable bonds is 5. The molecule has 1 aliphatic heterocycles. The molecule has 2 heterocycles. The third-order valence-corrected chi connectivity index (χ3v) is 7.19. The summed E-state index contributed by atoms with van der Waals surface area (Å²) in [6, 6.07) is 12.6. The zero-order valence-corrected chi connectivity index (χ0v) is 19.7. The summed E-state index contributed by atoms with van der Waals surface area (Å²) < 4.78 is 31.6. The van der Waals surface area contributed by atoms with Crippen LogP contribution in [0.4, 0.5) is 17.2 Å². The number of fused-ring (bicyclic) bond motifs is 1. The van der Waals surface area contributed by atoms with E-state index in [9.17, 15) is 13.6 Å². The highest BCUT2D eigenvalue weighted by Crippen LogP contribution is 2.37. The Balaban J connectivity index is 1.60. The molecule has 1 unspecified atom stereocenters. The molecule has 1 atom stereocenters. The van der Waals surface area contributed by atoms with Crippen LogP contribution in [0, 0.1) is 6.92 Å². The zero-order chi connectivity index (χ0) is 22.9. The number of hydrogen-bond donors (Lipinski definition) is 3. The lowest BCUT2D eigenvalue weighted by Gasteiger charge is -2.34. The van der Waals surface area contributed by atoms with Gasteiger partial charge in [-0.25, -0.2) is 13.0 Å². The number of sulfonamides is 1. The summed E-state index contributed by atoms with van der Waals surface area (Å²) in [5.74, 6) is 0.315. The molecule has 3 N–H and O–H groups in total. The van der Waals surface area contributed by atoms with Gasteiger partial charge >= 0.3 is 0 Å². The summed E-state index contributed by atoms with van der Waals surface area (Å²) in [7, 11) is -3.40. The minimum Gasteiger partial charge on any atom is -0.409 e. The van der Waals surface area contributed by atoms with Crippen molar-refractivity contribution in [3.05, 3.63) is 63.8 Å². The SMILES string of the molecule is Cc1ccc(N/C(=N\O)c2nonc2NC2CCN(S(C)(=O)=O)c3ccccc32)cc1Br. The van der Waals surface area contributed by atoms with Crippen molar-refractivity contribution in [2.75, 3.05) is 27.7 Å². The van der Waals surface area contributed by atoms with Crippen LogP contribution in [0.3, 0.4) is 0 Å². The van der Waals surface area contributed by atoms with Gasteiger partial charge in [0.05, 0.1) is 18.0 Å². The van der Waals surface area contributed by atoms with Gasteiger partial charge in [-0.3, -0.25) is 4.31 Å². The zero-order valence-electron chi connectivity index (χ0n) is 17.3. The van der Waals surface area contributed by atoms with Gasteiger partial charge in [-0.1, -0.05) is 45.4 Å². The van der Waals surface area contributed by atoms with E-state index in [2.05, 4.69) is 42.0 Å². The Morgan fingerprint density at radius 2 is 2.06 bits per heavy atom. The predicted molar refractivity (Wildman–Crippen MR) is 125 cm³/mol. The molecule has 0 bridgehead atoms. The maximum absolute atomic E-state index is 12.2. The fourth-order valence-electron chi connectivity index (χ4n) is 3.57. The first-order chi connectivity index (χ1) is 15.3. The predicted octanol–water partition coefficient (Wildman–Crippen LogP) is 3.71. The van der Waals surface area contributed by atoms with E-state index in [4.69, 9.17) is 4.63 Å². The molecule has 0 spiro atoms. The number of benzene rings is 2. The van der Waals surface area contributed by atoms with Gasteiger partial charge in [0.1, 0.15) is 0 Å². The fraction of sp³-hybridized carbons (Fsp3) is 0.250. The molecule has 12 heteroatoms. The van der Waals surface area contributed by atoms with E-state index in [0.29, 0.717) is 24.3 Å². The van der Waals surface area contributed by atoms with Crippen molar-refractivity contribution in [3.63, 3.8) is 0 Å². The summed E-state index contributed by atoms with van der Waals surface area (Å²) >= 11 is 3.47. The van der Waals surface area contributed by atoms with E-state index in [1.54, 1.807) is 12.1 Å². The third kappa shape index (κ3) is 4.41. The number of para-hydroxylation sites is 1. The van der Waals surface area contributed by atoms with E-state index in [-0.39, 0.29) is 23.4 Å². The number of oxime groups is 1. The monoisotopic (exact) mass is 520 g/mol. The molecule has 0 fully saturated rings. The molecular formula is C20H21BrN6O4S. The lowest BCUT2D eigenvalue weighted by atomic mass is 9.98. The minimum atomic E-state index is -3.40. The largest absolute Gasteiger partial charge is 0.409 e. The number of aryl methyl sites for hydroxylation is 1. The molecule has 4 rings (SSSR count). The fourth-order valence-corrected chi connectivity index (χ4v) is 4.91. The van der Waals surface area contributed by atoms with Crippen LogP contribution < -0.4 is 14.9 Å². The van der Waals surface area contributed by atoms with Crippen molar-refractivity contribution in [1.29, 1.82) is 0 Å². The van der Waals surface area contributed by atoms with Gasteiger partial charge in [0, 0.05) is 16.7 Å². The van der Waals surface area contributed by atoms with Crippen molar-refractivity contribution in [2.24, 2.45) is 5.16 Å². The van der Waals surface area contributed by atoms with E-state index in [1.165, 1.54) is 10.6 Å². The van der Waals surface area contributed by atoms with Gasteiger partial charge < -0.3 is 15.8 Å². The van der Waals surface area contributed by atoms with E-state index in [0.717, 1.165) is 15.6 Å². The maximum atomic E-state index is 12.2. The highest BCUT2D eigenvalue weighted by molar-refractivity contribution is 9.10. The summed E-state index contributed by atoms with van der Waals surface area (Å²) in [6.07, 6.45) is 1.69. The number of halogens is 1. The number of nitrogens with zero attached hydrogens (tertiary/aromatic N) is 4. The quantitative estimate of drug-likeness (QED) is 0.200. The van der Waals surface area contributed by atoms with Gasteiger partial charge in [0.15, 0.2) is 5.69 Å². The normalized spacial score (nSPS) is 16.5. The van der Waals surface area contributed by atoms with E-state index < -0.39 is 10.0 Å². The Hall–Kier alpha value is -3.12. The van der Waals surface area contributed by atoms with Crippen molar-refractivity contribution in [2.45, 2.75) is 19.4 Å². The molecule has 0 saturated heterocycles. The average Bonchev–Trinajstić information content (AvgIpc) is 3.22. The Morgan fingerprint density at radius 3 is 2.78 bits per heavy atom. The maximum Gasteiger partial charge on any atom is 0.232 e. The number of amidine groups is 1. The first kappa shape index (κ1) is 22.1. The number of hydrogen-bond acceptors (Lipinski definition) is 8. The van der Waals surface area contributed by atoms with Crippen LogP contribution in [0.25, 0.3) is 0 Å². The average molecular weight is 521 g/mol. The first-order valence-electron chi connectivity index (χ1n) is 9.69. The van der Waals surface area contributed by atoms with Gasteiger partial charge in [-0.15, -0.1) is 0 Å². The molecule has 1 aliphatic rings. The molecule has 1 aromatic heterocycles. The summed E-state index contributed by atoms with van der Waals surface area (Å²) in [6.45, 7) is 2.27. The highest BCUT2D eigenvalue weighted by atomic mass is 79.9. The number of nitrogens with one attached hydrogen (secondary N) is 2. The smallest absolute Gasteiger partial charge is 0.232 e. The van der Waals surface area contributed by atoms with Gasteiger partial charge in [-0.05, 0) is 53.0 Å². The van der Waals surface area contributed by atoms with Crippen LogP contribution in [0.2, 0.25) is 0 Å². The molecule has 10 nitrogen and oxygen atoms in total.